The molecule has 9 heteroatoms. The standard InChI is InChI=1S/C22H23N5O4/c28-21-9-7-19(25-27(21)12-15-31-18-4-2-1-3-5-18)22(29)24-17-6-8-20(23-16-17)26-10-13-30-14-11-26/h1-9,16H,10-15H2,(H,24,29). The van der Waals surface area contributed by atoms with Crippen molar-refractivity contribution in [1.29, 1.82) is 0 Å². The van der Waals surface area contributed by atoms with Crippen molar-refractivity contribution in [1.82, 2.24) is 14.8 Å². The Morgan fingerprint density at radius 2 is 1.87 bits per heavy atom. The third-order valence-electron chi connectivity index (χ3n) is 4.76. The van der Waals surface area contributed by atoms with E-state index in [0.29, 0.717) is 24.7 Å². The normalized spacial score (nSPS) is 13.6. The van der Waals surface area contributed by atoms with E-state index < -0.39 is 5.91 Å². The van der Waals surface area contributed by atoms with Crippen LogP contribution < -0.4 is 20.5 Å². The number of nitrogens with one attached hydrogen (secondary N) is 1. The van der Waals surface area contributed by atoms with Crippen molar-refractivity contribution in [3.63, 3.8) is 0 Å². The first-order valence-electron chi connectivity index (χ1n) is 10.1. The molecular weight excluding hydrogens is 398 g/mol. The minimum Gasteiger partial charge on any atom is -0.492 e. The van der Waals surface area contributed by atoms with Crippen LogP contribution in [0.25, 0.3) is 0 Å². The second-order valence-electron chi connectivity index (χ2n) is 6.90. The molecule has 1 amide bonds. The van der Waals surface area contributed by atoms with E-state index >= 15 is 0 Å². The fourth-order valence-electron chi connectivity index (χ4n) is 3.13. The molecule has 0 atom stereocenters. The number of rotatable bonds is 7. The second-order valence-corrected chi connectivity index (χ2v) is 6.90. The molecule has 3 heterocycles. The zero-order chi connectivity index (χ0) is 21.5. The van der Waals surface area contributed by atoms with Crippen LogP contribution >= 0.6 is 0 Å². The van der Waals surface area contributed by atoms with E-state index in [2.05, 4.69) is 20.3 Å². The molecule has 4 rings (SSSR count). The summed E-state index contributed by atoms with van der Waals surface area (Å²) in [5.41, 5.74) is 0.385. The maximum Gasteiger partial charge on any atom is 0.276 e. The molecule has 3 aromatic rings. The number of morpholine rings is 1. The summed E-state index contributed by atoms with van der Waals surface area (Å²) >= 11 is 0. The highest BCUT2D eigenvalue weighted by Gasteiger charge is 2.14. The first-order valence-corrected chi connectivity index (χ1v) is 10.1. The SMILES string of the molecule is O=C(Nc1ccc(N2CCOCC2)nc1)c1ccc(=O)n(CCOc2ccccc2)n1. The maximum absolute atomic E-state index is 12.6. The van der Waals surface area contributed by atoms with E-state index in [1.807, 2.05) is 36.4 Å². The number of benzene rings is 1. The molecule has 0 unspecified atom stereocenters. The van der Waals surface area contributed by atoms with E-state index in [-0.39, 0.29) is 24.4 Å². The van der Waals surface area contributed by atoms with Gasteiger partial charge in [-0.1, -0.05) is 18.2 Å². The highest BCUT2D eigenvalue weighted by molar-refractivity contribution is 6.02. The number of amides is 1. The Balaban J connectivity index is 1.36. The first-order chi connectivity index (χ1) is 15.2. The fraction of sp³-hybridized carbons (Fsp3) is 0.273. The van der Waals surface area contributed by atoms with Gasteiger partial charge in [-0.05, 0) is 30.3 Å². The minimum absolute atomic E-state index is 0.136. The average Bonchev–Trinajstić information content (AvgIpc) is 2.82. The van der Waals surface area contributed by atoms with E-state index in [9.17, 15) is 9.59 Å². The zero-order valence-corrected chi connectivity index (χ0v) is 16.9. The van der Waals surface area contributed by atoms with Gasteiger partial charge in [0.1, 0.15) is 23.9 Å². The van der Waals surface area contributed by atoms with Gasteiger partial charge in [-0.15, -0.1) is 0 Å². The smallest absolute Gasteiger partial charge is 0.276 e. The summed E-state index contributed by atoms with van der Waals surface area (Å²) in [4.78, 5) is 31.2. The number of aromatic nitrogens is 3. The zero-order valence-electron chi connectivity index (χ0n) is 16.9. The molecule has 0 aliphatic carbocycles. The van der Waals surface area contributed by atoms with Gasteiger partial charge in [0.25, 0.3) is 11.5 Å². The van der Waals surface area contributed by atoms with Crippen LogP contribution in [0.3, 0.4) is 0 Å². The number of hydrogen-bond donors (Lipinski definition) is 1. The number of ether oxygens (including phenoxy) is 2. The summed E-state index contributed by atoms with van der Waals surface area (Å²) in [6.45, 7) is 3.42. The summed E-state index contributed by atoms with van der Waals surface area (Å²) in [5.74, 6) is 1.13. The van der Waals surface area contributed by atoms with Crippen LogP contribution in [0, 0.1) is 0 Å². The lowest BCUT2D eigenvalue weighted by atomic mass is 10.3. The molecule has 0 saturated carbocycles. The molecule has 1 aliphatic heterocycles. The number of nitrogens with zero attached hydrogens (tertiary/aromatic N) is 4. The fourth-order valence-corrected chi connectivity index (χ4v) is 3.13. The molecule has 0 radical (unpaired) electrons. The van der Waals surface area contributed by atoms with E-state index in [4.69, 9.17) is 9.47 Å². The molecular formula is C22H23N5O4. The number of anilines is 2. The van der Waals surface area contributed by atoms with Gasteiger partial charge in [0, 0.05) is 19.2 Å². The Morgan fingerprint density at radius 3 is 2.61 bits per heavy atom. The third-order valence-corrected chi connectivity index (χ3v) is 4.76. The Labute approximate surface area is 179 Å². The Morgan fingerprint density at radius 1 is 1.06 bits per heavy atom. The monoisotopic (exact) mass is 421 g/mol. The quantitative estimate of drug-likeness (QED) is 0.621. The van der Waals surface area contributed by atoms with Crippen LogP contribution in [-0.2, 0) is 11.3 Å². The number of pyridine rings is 1. The summed E-state index contributed by atoms with van der Waals surface area (Å²) in [6, 6.07) is 15.7. The van der Waals surface area contributed by atoms with Crippen molar-refractivity contribution < 1.29 is 14.3 Å². The molecule has 1 saturated heterocycles. The van der Waals surface area contributed by atoms with Crippen LogP contribution in [0.2, 0.25) is 0 Å². The topological polar surface area (TPSA) is 98.6 Å². The number of para-hydroxylation sites is 1. The lowest BCUT2D eigenvalue weighted by Crippen LogP contribution is -2.36. The minimum atomic E-state index is -0.418. The summed E-state index contributed by atoms with van der Waals surface area (Å²) in [5, 5.41) is 6.92. The van der Waals surface area contributed by atoms with Crippen molar-refractivity contribution in [3.8, 4) is 5.75 Å². The van der Waals surface area contributed by atoms with Gasteiger partial charge in [0.05, 0.1) is 31.6 Å². The largest absolute Gasteiger partial charge is 0.492 e. The molecule has 0 spiro atoms. The molecule has 9 nitrogen and oxygen atoms in total. The summed E-state index contributed by atoms with van der Waals surface area (Å²) in [6.07, 6.45) is 1.60. The van der Waals surface area contributed by atoms with Crippen LogP contribution in [0.5, 0.6) is 5.75 Å². The average molecular weight is 421 g/mol. The van der Waals surface area contributed by atoms with Gasteiger partial charge in [-0.2, -0.15) is 5.10 Å². The predicted octanol–water partition coefficient (Wildman–Crippen LogP) is 1.81. The molecule has 31 heavy (non-hydrogen) atoms. The summed E-state index contributed by atoms with van der Waals surface area (Å²) < 4.78 is 12.2. The van der Waals surface area contributed by atoms with E-state index in [0.717, 1.165) is 18.9 Å². The number of carbonyl (C=O) groups excluding carboxylic acids is 1. The van der Waals surface area contributed by atoms with Gasteiger partial charge in [0.15, 0.2) is 0 Å². The molecule has 0 bridgehead atoms. The lowest BCUT2D eigenvalue weighted by molar-refractivity contribution is 0.101. The van der Waals surface area contributed by atoms with Crippen molar-refractivity contribution in [3.05, 3.63) is 76.8 Å². The van der Waals surface area contributed by atoms with Gasteiger partial charge < -0.3 is 19.7 Å². The van der Waals surface area contributed by atoms with Gasteiger partial charge >= 0.3 is 0 Å². The van der Waals surface area contributed by atoms with Crippen molar-refractivity contribution in [2.24, 2.45) is 0 Å². The van der Waals surface area contributed by atoms with Crippen molar-refractivity contribution in [2.45, 2.75) is 6.54 Å². The van der Waals surface area contributed by atoms with Gasteiger partial charge in [-0.25, -0.2) is 9.67 Å². The third kappa shape index (κ3) is 5.46. The van der Waals surface area contributed by atoms with Crippen LogP contribution in [-0.4, -0.2) is 53.6 Å². The van der Waals surface area contributed by atoms with Crippen LogP contribution in [0.4, 0.5) is 11.5 Å². The molecule has 2 aromatic heterocycles. The highest BCUT2D eigenvalue weighted by Crippen LogP contribution is 2.16. The van der Waals surface area contributed by atoms with Crippen LogP contribution in [0.1, 0.15) is 10.5 Å². The molecule has 1 aromatic carbocycles. The Bertz CT molecular complexity index is 1060. The molecule has 1 N–H and O–H groups in total. The molecule has 1 aliphatic rings. The van der Waals surface area contributed by atoms with Crippen molar-refractivity contribution in [2.75, 3.05) is 43.1 Å². The molecule has 160 valence electrons. The summed E-state index contributed by atoms with van der Waals surface area (Å²) in [7, 11) is 0. The van der Waals surface area contributed by atoms with Gasteiger partial charge in [-0.3, -0.25) is 9.59 Å². The second kappa shape index (κ2) is 9.86. The highest BCUT2D eigenvalue weighted by atomic mass is 16.5. The maximum atomic E-state index is 12.6. The van der Waals surface area contributed by atoms with Crippen LogP contribution in [0.15, 0.2) is 65.6 Å². The molecule has 1 fully saturated rings. The number of carbonyl (C=O) groups is 1. The van der Waals surface area contributed by atoms with Gasteiger partial charge in [0.2, 0.25) is 0 Å². The Kier molecular flexibility index (Phi) is 6.53. The first kappa shape index (κ1) is 20.5. The van der Waals surface area contributed by atoms with E-state index in [1.54, 1.807) is 12.3 Å². The van der Waals surface area contributed by atoms with Crippen molar-refractivity contribution >= 4 is 17.4 Å². The van der Waals surface area contributed by atoms with E-state index in [1.165, 1.54) is 16.8 Å². The predicted molar refractivity (Wildman–Crippen MR) is 116 cm³/mol. The number of hydrogen-bond acceptors (Lipinski definition) is 7. The Hall–Kier alpha value is -3.72. The lowest BCUT2D eigenvalue weighted by Gasteiger charge is -2.27.